The van der Waals surface area contributed by atoms with Crippen molar-refractivity contribution in [3.05, 3.63) is 12.7 Å². The SMILES string of the molecule is C=CCN(CCCC)C(=O)C1N([C@@H](CC)CO)C(=O)[C@@H]2[C@@H](C(=O)OCC)[C@]3(C)OC12CC3C. The Bertz CT molecular complexity index is 783. The molecule has 3 heterocycles. The number of unbranched alkanes of at least 4 members (excludes halogenated alkanes) is 1. The molecule has 3 rings (SSSR count). The number of aliphatic hydroxyl groups is 1. The maximum absolute atomic E-state index is 14.1. The number of hydrogen-bond acceptors (Lipinski definition) is 6. The van der Waals surface area contributed by atoms with E-state index in [0.717, 1.165) is 12.8 Å². The molecule has 2 amide bonds. The molecule has 0 saturated carbocycles. The van der Waals surface area contributed by atoms with Crippen LogP contribution in [0.15, 0.2) is 12.7 Å². The van der Waals surface area contributed by atoms with Crippen molar-refractivity contribution in [2.24, 2.45) is 17.8 Å². The lowest BCUT2D eigenvalue weighted by molar-refractivity contribution is -0.163. The van der Waals surface area contributed by atoms with Gasteiger partial charge in [-0.2, -0.15) is 0 Å². The van der Waals surface area contributed by atoms with Gasteiger partial charge < -0.3 is 24.4 Å². The van der Waals surface area contributed by atoms with Crippen LogP contribution in [-0.4, -0.2) is 82.3 Å². The summed E-state index contributed by atoms with van der Waals surface area (Å²) < 4.78 is 12.0. The van der Waals surface area contributed by atoms with Crippen molar-refractivity contribution in [1.29, 1.82) is 0 Å². The van der Waals surface area contributed by atoms with Crippen LogP contribution < -0.4 is 0 Å². The van der Waals surface area contributed by atoms with Crippen LogP contribution in [0, 0.1) is 17.8 Å². The molecule has 3 unspecified atom stereocenters. The van der Waals surface area contributed by atoms with E-state index in [9.17, 15) is 19.5 Å². The predicted octanol–water partition coefficient (Wildman–Crippen LogP) is 2.15. The van der Waals surface area contributed by atoms with Gasteiger partial charge in [-0.3, -0.25) is 14.4 Å². The minimum absolute atomic E-state index is 0.0381. The number of carbonyl (C=O) groups is 3. The first-order valence-corrected chi connectivity index (χ1v) is 12.4. The Balaban J connectivity index is 2.13. The van der Waals surface area contributed by atoms with Crippen LogP contribution in [0.4, 0.5) is 0 Å². The number of fused-ring (bicyclic) bond motifs is 1. The standard InChI is InChI=1S/C25H40N2O6/c1-7-11-13-26(12-8-2)22(30)20-25-14-16(5)24(6,33-25)19(23(31)32-10-4)18(25)21(29)27(20)17(9-3)15-28/h8,16-20,28H,2,7,9-15H2,1,3-6H3/t16?,17-,18-,19-,20?,24+,25?/m0/s1. The fourth-order valence-corrected chi connectivity index (χ4v) is 6.32. The molecule has 8 nitrogen and oxygen atoms in total. The van der Waals surface area contributed by atoms with Crippen LogP contribution in [-0.2, 0) is 23.9 Å². The van der Waals surface area contributed by atoms with Crippen molar-refractivity contribution in [3.8, 4) is 0 Å². The van der Waals surface area contributed by atoms with Crippen molar-refractivity contribution in [1.82, 2.24) is 9.80 Å². The van der Waals surface area contributed by atoms with E-state index < -0.39 is 41.1 Å². The zero-order chi connectivity index (χ0) is 24.6. The summed E-state index contributed by atoms with van der Waals surface area (Å²) >= 11 is 0. The Morgan fingerprint density at radius 2 is 2.09 bits per heavy atom. The highest BCUT2D eigenvalue weighted by molar-refractivity contribution is 5.98. The first-order valence-electron chi connectivity index (χ1n) is 12.4. The highest BCUT2D eigenvalue weighted by Crippen LogP contribution is 2.65. The monoisotopic (exact) mass is 464 g/mol. The molecule has 0 aromatic rings. The average Bonchev–Trinajstić information content (AvgIpc) is 3.29. The van der Waals surface area contributed by atoms with Gasteiger partial charge in [0, 0.05) is 13.1 Å². The van der Waals surface area contributed by atoms with Gasteiger partial charge >= 0.3 is 5.97 Å². The molecule has 1 spiro atoms. The zero-order valence-corrected chi connectivity index (χ0v) is 20.7. The number of nitrogens with zero attached hydrogens (tertiary/aromatic N) is 2. The number of aliphatic hydroxyl groups excluding tert-OH is 1. The summed E-state index contributed by atoms with van der Waals surface area (Å²) in [6.07, 6.45) is 4.43. The molecule has 186 valence electrons. The van der Waals surface area contributed by atoms with Gasteiger partial charge in [-0.15, -0.1) is 6.58 Å². The van der Waals surface area contributed by atoms with Crippen LogP contribution in [0.3, 0.4) is 0 Å². The van der Waals surface area contributed by atoms with Crippen molar-refractivity contribution in [2.45, 2.75) is 83.6 Å². The molecule has 7 atom stereocenters. The number of ether oxygens (including phenoxy) is 2. The molecular weight excluding hydrogens is 424 g/mol. The molecule has 0 aromatic heterocycles. The first kappa shape index (κ1) is 25.7. The third-order valence-electron chi connectivity index (χ3n) is 8.05. The second kappa shape index (κ2) is 9.74. The van der Waals surface area contributed by atoms with Crippen LogP contribution in [0.1, 0.15) is 60.3 Å². The number of rotatable bonds is 11. The summed E-state index contributed by atoms with van der Waals surface area (Å²) in [7, 11) is 0. The lowest BCUT2D eigenvalue weighted by atomic mass is 9.62. The van der Waals surface area contributed by atoms with Gasteiger partial charge in [-0.25, -0.2) is 0 Å². The third kappa shape index (κ3) is 3.79. The minimum Gasteiger partial charge on any atom is -0.466 e. The summed E-state index contributed by atoms with van der Waals surface area (Å²) in [6.45, 7) is 14.2. The molecule has 3 aliphatic rings. The Kier molecular flexibility index (Phi) is 7.58. The van der Waals surface area contributed by atoms with E-state index in [0.29, 0.717) is 25.9 Å². The van der Waals surface area contributed by atoms with E-state index >= 15 is 0 Å². The van der Waals surface area contributed by atoms with Gasteiger partial charge in [0.2, 0.25) is 11.8 Å². The Hall–Kier alpha value is -1.93. The zero-order valence-electron chi connectivity index (χ0n) is 20.7. The highest BCUT2D eigenvalue weighted by Gasteiger charge is 2.80. The van der Waals surface area contributed by atoms with Gasteiger partial charge in [0.1, 0.15) is 17.6 Å². The van der Waals surface area contributed by atoms with Crippen molar-refractivity contribution in [2.75, 3.05) is 26.3 Å². The lowest BCUT2D eigenvalue weighted by Crippen LogP contribution is -2.59. The number of esters is 1. The quantitative estimate of drug-likeness (QED) is 0.372. The van der Waals surface area contributed by atoms with E-state index in [2.05, 4.69) is 13.5 Å². The summed E-state index contributed by atoms with van der Waals surface area (Å²) in [5.74, 6) is -2.57. The van der Waals surface area contributed by atoms with Gasteiger partial charge in [0.25, 0.3) is 0 Å². The molecule has 3 fully saturated rings. The summed E-state index contributed by atoms with van der Waals surface area (Å²) in [4.78, 5) is 44.4. The topological polar surface area (TPSA) is 96.4 Å². The minimum atomic E-state index is -1.12. The van der Waals surface area contributed by atoms with E-state index in [-0.39, 0.29) is 30.9 Å². The average molecular weight is 465 g/mol. The number of hydrogen-bond donors (Lipinski definition) is 1. The van der Waals surface area contributed by atoms with Gasteiger partial charge in [-0.1, -0.05) is 33.3 Å². The number of carbonyl (C=O) groups excluding carboxylic acids is 3. The fourth-order valence-electron chi connectivity index (χ4n) is 6.32. The molecule has 0 radical (unpaired) electrons. The Labute approximate surface area is 197 Å². The maximum Gasteiger partial charge on any atom is 0.312 e. The normalized spacial score (nSPS) is 35.5. The van der Waals surface area contributed by atoms with Crippen LogP contribution >= 0.6 is 0 Å². The molecular formula is C25H40N2O6. The van der Waals surface area contributed by atoms with E-state index in [1.807, 2.05) is 20.8 Å². The molecule has 3 aliphatic heterocycles. The van der Waals surface area contributed by atoms with Crippen molar-refractivity contribution >= 4 is 17.8 Å². The van der Waals surface area contributed by atoms with Crippen LogP contribution in [0.25, 0.3) is 0 Å². The Morgan fingerprint density at radius 3 is 2.64 bits per heavy atom. The molecule has 8 heteroatoms. The number of likely N-dealkylation sites (tertiary alicyclic amines) is 1. The van der Waals surface area contributed by atoms with Crippen molar-refractivity contribution in [3.63, 3.8) is 0 Å². The molecule has 0 aromatic carbocycles. The van der Waals surface area contributed by atoms with Gasteiger partial charge in [0.15, 0.2) is 0 Å². The summed E-state index contributed by atoms with van der Waals surface area (Å²) in [5.41, 5.74) is -2.00. The van der Waals surface area contributed by atoms with E-state index in [1.54, 1.807) is 17.9 Å². The molecule has 33 heavy (non-hydrogen) atoms. The van der Waals surface area contributed by atoms with Crippen molar-refractivity contribution < 1.29 is 29.0 Å². The molecule has 1 N–H and O–H groups in total. The summed E-state index contributed by atoms with van der Waals surface area (Å²) in [6, 6.07) is -1.43. The van der Waals surface area contributed by atoms with Gasteiger partial charge in [-0.05, 0) is 39.0 Å². The second-order valence-corrected chi connectivity index (χ2v) is 9.87. The first-order chi connectivity index (χ1) is 15.7. The lowest BCUT2D eigenvalue weighted by Gasteiger charge is -2.39. The third-order valence-corrected chi connectivity index (χ3v) is 8.05. The maximum atomic E-state index is 14.1. The largest absolute Gasteiger partial charge is 0.466 e. The molecule has 0 aliphatic carbocycles. The molecule has 3 saturated heterocycles. The highest BCUT2D eigenvalue weighted by atomic mass is 16.6. The van der Waals surface area contributed by atoms with Crippen LogP contribution in [0.2, 0.25) is 0 Å². The van der Waals surface area contributed by atoms with E-state index in [4.69, 9.17) is 9.47 Å². The molecule has 2 bridgehead atoms. The number of amides is 2. The fraction of sp³-hybridized carbons (Fsp3) is 0.800. The smallest absolute Gasteiger partial charge is 0.312 e. The summed E-state index contributed by atoms with van der Waals surface area (Å²) in [5, 5.41) is 10.1. The Morgan fingerprint density at radius 1 is 1.39 bits per heavy atom. The predicted molar refractivity (Wildman–Crippen MR) is 123 cm³/mol. The van der Waals surface area contributed by atoms with Gasteiger partial charge in [0.05, 0.1) is 30.8 Å². The van der Waals surface area contributed by atoms with Crippen LogP contribution in [0.5, 0.6) is 0 Å². The van der Waals surface area contributed by atoms with E-state index in [1.165, 1.54) is 4.90 Å². The second-order valence-electron chi connectivity index (χ2n) is 9.87.